The van der Waals surface area contributed by atoms with E-state index in [0.717, 1.165) is 11.6 Å². The van der Waals surface area contributed by atoms with Crippen LogP contribution in [0.15, 0.2) is 60.7 Å². The van der Waals surface area contributed by atoms with Crippen LogP contribution in [0.4, 0.5) is 14.6 Å². The molecule has 0 N–H and O–H groups in total. The number of carbonyl (C=O) groups excluding carboxylic acids is 1. The molecule has 0 aliphatic carbocycles. The summed E-state index contributed by atoms with van der Waals surface area (Å²) in [5.41, 5.74) is 0.585. The maximum absolute atomic E-state index is 15.0. The fourth-order valence-electron chi connectivity index (χ4n) is 5.84. The molecule has 1 amide bonds. The summed E-state index contributed by atoms with van der Waals surface area (Å²) in [6.07, 6.45) is 0.125. The predicted molar refractivity (Wildman–Crippen MR) is 139 cm³/mol. The van der Waals surface area contributed by atoms with Gasteiger partial charge in [0.2, 0.25) is 5.91 Å². The number of anilines is 1. The fourth-order valence-corrected chi connectivity index (χ4v) is 5.94. The third-order valence-electron chi connectivity index (χ3n) is 7.82. The van der Waals surface area contributed by atoms with Crippen molar-refractivity contribution in [3.05, 3.63) is 88.6 Å². The minimum Gasteiger partial charge on any atom is -0.376 e. The smallest absolute Gasteiger partial charge is 0.228 e. The number of hydrogen-bond donors (Lipinski definition) is 0. The average Bonchev–Trinajstić information content (AvgIpc) is 3.38. The Hall–Kier alpha value is -3.14. The molecule has 5 rings (SSSR count). The van der Waals surface area contributed by atoms with Crippen LogP contribution in [-0.2, 0) is 19.9 Å². The van der Waals surface area contributed by atoms with Gasteiger partial charge in [-0.25, -0.2) is 8.78 Å². The Bertz CT molecular complexity index is 1280. The van der Waals surface area contributed by atoms with E-state index in [-0.39, 0.29) is 11.1 Å². The first-order valence-corrected chi connectivity index (χ1v) is 12.9. The molecule has 2 saturated heterocycles. The normalized spacial score (nSPS) is 25.6. The molecule has 0 radical (unpaired) electrons. The van der Waals surface area contributed by atoms with Gasteiger partial charge in [-0.2, -0.15) is 0 Å². The number of methoxy groups -OCH3 is 2. The molecule has 2 aliphatic rings. The summed E-state index contributed by atoms with van der Waals surface area (Å²) < 4.78 is 40.6. The van der Waals surface area contributed by atoms with Crippen LogP contribution in [0.2, 0.25) is 5.15 Å². The standard InChI is InChI=1S/C28H29ClF2N4O3/c1-37-24-17-34(13-12-28(24,38-2)18-6-4-3-5-7-18)27(36)22-16-35(26-11-10-25(29)32-33-26)15-21(22)20-9-8-19(30)14-23(20)31/h3-11,14,21-22,24H,12-13,15-17H2,1-2H3/t21-,22+,24-,28-/m0/s1. The van der Waals surface area contributed by atoms with Crippen LogP contribution in [-0.4, -0.2) is 67.5 Å². The van der Waals surface area contributed by atoms with Gasteiger partial charge >= 0.3 is 0 Å². The molecular weight excluding hydrogens is 514 g/mol. The fraction of sp³-hybridized carbons (Fsp3) is 0.393. The van der Waals surface area contributed by atoms with E-state index in [1.165, 1.54) is 12.1 Å². The van der Waals surface area contributed by atoms with Crippen LogP contribution >= 0.6 is 11.6 Å². The van der Waals surface area contributed by atoms with E-state index >= 15 is 0 Å². The van der Waals surface area contributed by atoms with Gasteiger partial charge in [0.25, 0.3) is 0 Å². The summed E-state index contributed by atoms with van der Waals surface area (Å²) >= 11 is 5.91. The first-order valence-electron chi connectivity index (χ1n) is 12.5. The third-order valence-corrected chi connectivity index (χ3v) is 8.02. The second-order valence-corrected chi connectivity index (χ2v) is 10.1. The number of aromatic nitrogens is 2. The van der Waals surface area contributed by atoms with Gasteiger partial charge in [0, 0.05) is 52.3 Å². The molecule has 7 nitrogen and oxygen atoms in total. The second kappa shape index (κ2) is 10.9. The van der Waals surface area contributed by atoms with Crippen molar-refractivity contribution in [1.29, 1.82) is 0 Å². The summed E-state index contributed by atoms with van der Waals surface area (Å²) in [4.78, 5) is 17.7. The van der Waals surface area contributed by atoms with Gasteiger partial charge < -0.3 is 19.3 Å². The Morgan fingerprint density at radius 1 is 1.03 bits per heavy atom. The highest BCUT2D eigenvalue weighted by Gasteiger charge is 2.49. The minimum absolute atomic E-state index is 0.122. The number of piperidine rings is 1. The number of benzene rings is 2. The molecule has 10 heteroatoms. The van der Waals surface area contributed by atoms with Gasteiger partial charge in [-0.1, -0.05) is 48.0 Å². The van der Waals surface area contributed by atoms with Gasteiger partial charge in [-0.15, -0.1) is 10.2 Å². The lowest BCUT2D eigenvalue weighted by atomic mass is 9.80. The number of halogens is 3. The Kier molecular flexibility index (Phi) is 7.61. The Labute approximate surface area is 225 Å². The highest BCUT2D eigenvalue weighted by Crippen LogP contribution is 2.41. The SMILES string of the molecule is CO[C@H]1CN(C(=O)[C@@H]2CN(c3ccc(Cl)nn3)C[C@H]2c2ccc(F)cc2F)CC[C@]1(OC)c1ccccc1. The van der Waals surface area contributed by atoms with E-state index in [9.17, 15) is 13.6 Å². The molecule has 2 fully saturated rings. The lowest BCUT2D eigenvalue weighted by Crippen LogP contribution is -2.57. The van der Waals surface area contributed by atoms with E-state index in [1.54, 1.807) is 31.3 Å². The highest BCUT2D eigenvalue weighted by atomic mass is 35.5. The lowest BCUT2D eigenvalue weighted by Gasteiger charge is -2.47. The molecule has 0 spiro atoms. The monoisotopic (exact) mass is 542 g/mol. The van der Waals surface area contributed by atoms with Gasteiger partial charge in [-0.3, -0.25) is 4.79 Å². The largest absolute Gasteiger partial charge is 0.376 e. The maximum Gasteiger partial charge on any atom is 0.228 e. The van der Waals surface area contributed by atoms with Crippen LogP contribution in [0, 0.1) is 17.6 Å². The first-order chi connectivity index (χ1) is 18.4. The van der Waals surface area contributed by atoms with Gasteiger partial charge in [-0.05, 0) is 29.3 Å². The summed E-state index contributed by atoms with van der Waals surface area (Å²) in [5, 5.41) is 8.31. The zero-order valence-corrected chi connectivity index (χ0v) is 21.9. The molecule has 2 aliphatic heterocycles. The number of likely N-dealkylation sites (tertiary alicyclic amines) is 1. The molecule has 38 heavy (non-hydrogen) atoms. The molecule has 4 atom stereocenters. The number of amides is 1. The minimum atomic E-state index is -0.699. The Morgan fingerprint density at radius 2 is 1.82 bits per heavy atom. The summed E-state index contributed by atoms with van der Waals surface area (Å²) in [6, 6.07) is 16.7. The maximum atomic E-state index is 15.0. The molecular formula is C28H29ClF2N4O3. The summed E-state index contributed by atoms with van der Waals surface area (Å²) in [5.74, 6) is -2.02. The number of rotatable bonds is 6. The Balaban J connectivity index is 1.43. The van der Waals surface area contributed by atoms with Crippen molar-refractivity contribution >= 4 is 23.3 Å². The molecule has 2 aromatic carbocycles. The van der Waals surface area contributed by atoms with Crippen molar-refractivity contribution in [2.24, 2.45) is 5.92 Å². The van der Waals surface area contributed by atoms with E-state index in [4.69, 9.17) is 21.1 Å². The summed E-state index contributed by atoms with van der Waals surface area (Å²) in [6.45, 7) is 1.38. The van der Waals surface area contributed by atoms with Crippen molar-refractivity contribution in [3.8, 4) is 0 Å². The third kappa shape index (κ3) is 4.86. The van der Waals surface area contributed by atoms with Crippen LogP contribution in [0.5, 0.6) is 0 Å². The van der Waals surface area contributed by atoms with Crippen LogP contribution in [0.1, 0.15) is 23.5 Å². The number of hydrogen-bond acceptors (Lipinski definition) is 6. The lowest BCUT2D eigenvalue weighted by molar-refractivity contribution is -0.170. The van der Waals surface area contributed by atoms with Crippen molar-refractivity contribution in [2.75, 3.05) is 45.3 Å². The molecule has 200 valence electrons. The zero-order valence-electron chi connectivity index (χ0n) is 21.2. The van der Waals surface area contributed by atoms with E-state index in [2.05, 4.69) is 10.2 Å². The van der Waals surface area contributed by atoms with E-state index < -0.39 is 35.2 Å². The molecule has 3 aromatic rings. The Morgan fingerprint density at radius 3 is 2.47 bits per heavy atom. The summed E-state index contributed by atoms with van der Waals surface area (Å²) in [7, 11) is 3.27. The van der Waals surface area contributed by atoms with E-state index in [1.807, 2.05) is 35.2 Å². The molecule has 0 bridgehead atoms. The predicted octanol–water partition coefficient (Wildman–Crippen LogP) is 4.42. The van der Waals surface area contributed by atoms with Crippen LogP contribution in [0.25, 0.3) is 0 Å². The van der Waals surface area contributed by atoms with Crippen molar-refractivity contribution in [3.63, 3.8) is 0 Å². The van der Waals surface area contributed by atoms with Gasteiger partial charge in [0.05, 0.1) is 12.5 Å². The highest BCUT2D eigenvalue weighted by molar-refractivity contribution is 6.29. The zero-order chi connectivity index (χ0) is 26.9. The number of carbonyl (C=O) groups is 1. The first kappa shape index (κ1) is 26.5. The number of nitrogens with zero attached hydrogens (tertiary/aromatic N) is 4. The van der Waals surface area contributed by atoms with Crippen LogP contribution in [0.3, 0.4) is 0 Å². The quantitative estimate of drug-likeness (QED) is 0.459. The molecule has 1 aromatic heterocycles. The topological polar surface area (TPSA) is 67.8 Å². The van der Waals surface area contributed by atoms with Crippen molar-refractivity contribution in [1.82, 2.24) is 15.1 Å². The molecule has 0 unspecified atom stereocenters. The van der Waals surface area contributed by atoms with Gasteiger partial charge in [0.15, 0.2) is 11.0 Å². The molecule has 3 heterocycles. The van der Waals surface area contributed by atoms with Crippen LogP contribution < -0.4 is 4.90 Å². The van der Waals surface area contributed by atoms with Gasteiger partial charge in [0.1, 0.15) is 23.3 Å². The van der Waals surface area contributed by atoms with Crippen molar-refractivity contribution < 1.29 is 23.0 Å². The van der Waals surface area contributed by atoms with Crippen molar-refractivity contribution in [2.45, 2.75) is 24.0 Å². The number of ether oxygens (including phenoxy) is 2. The molecule has 0 saturated carbocycles. The second-order valence-electron chi connectivity index (χ2n) is 9.72. The van der Waals surface area contributed by atoms with E-state index in [0.29, 0.717) is 44.0 Å². The average molecular weight is 543 g/mol.